The second kappa shape index (κ2) is 9.58. The summed E-state index contributed by atoms with van der Waals surface area (Å²) in [6.07, 6.45) is 0.554. The molecule has 0 saturated carbocycles. The van der Waals surface area contributed by atoms with Crippen molar-refractivity contribution in [1.82, 2.24) is 4.90 Å². The molecule has 1 fully saturated rings. The number of hydrogen-bond donors (Lipinski definition) is 1. The van der Waals surface area contributed by atoms with E-state index in [9.17, 15) is 13.5 Å². The Bertz CT molecular complexity index is 925. The smallest absolute Gasteiger partial charge is 0.175 e. The van der Waals surface area contributed by atoms with Crippen LogP contribution in [-0.4, -0.2) is 77.3 Å². The number of nitrogens with zero attached hydrogens (tertiary/aromatic N) is 1. The summed E-state index contributed by atoms with van der Waals surface area (Å²) in [4.78, 5) is 2.40. The molecule has 0 amide bonds. The number of methoxy groups -OCH3 is 1. The minimum atomic E-state index is -3.30. The van der Waals surface area contributed by atoms with E-state index in [1.54, 1.807) is 31.4 Å². The van der Waals surface area contributed by atoms with E-state index in [0.717, 1.165) is 24.2 Å². The molecule has 29 heavy (non-hydrogen) atoms. The SMILES string of the molecule is COc1cc(OCC(O)CN2CCOCC2)cc(-c2cccc(S(C)(=O)=O)c2)c1. The largest absolute Gasteiger partial charge is 0.497 e. The van der Waals surface area contributed by atoms with Crippen molar-refractivity contribution in [2.24, 2.45) is 0 Å². The zero-order valence-electron chi connectivity index (χ0n) is 16.7. The van der Waals surface area contributed by atoms with Crippen LogP contribution in [0.1, 0.15) is 0 Å². The van der Waals surface area contributed by atoms with Crippen molar-refractivity contribution < 1.29 is 27.7 Å². The molecule has 1 aliphatic rings. The normalized spacial score (nSPS) is 16.4. The molecule has 1 atom stereocenters. The van der Waals surface area contributed by atoms with Gasteiger partial charge < -0.3 is 19.3 Å². The number of aliphatic hydroxyl groups is 1. The molecule has 7 nitrogen and oxygen atoms in total. The third-order valence-corrected chi connectivity index (χ3v) is 5.84. The van der Waals surface area contributed by atoms with Crippen LogP contribution < -0.4 is 9.47 Å². The van der Waals surface area contributed by atoms with Crippen LogP contribution in [0, 0.1) is 0 Å². The Kier molecular flexibility index (Phi) is 7.13. The van der Waals surface area contributed by atoms with Gasteiger partial charge in [0.05, 0.1) is 25.2 Å². The maximum atomic E-state index is 11.9. The molecule has 0 aliphatic carbocycles. The summed E-state index contributed by atoms with van der Waals surface area (Å²) < 4.78 is 40.2. The number of hydrogen-bond acceptors (Lipinski definition) is 7. The van der Waals surface area contributed by atoms with Gasteiger partial charge in [-0.2, -0.15) is 0 Å². The van der Waals surface area contributed by atoms with Gasteiger partial charge in [-0.1, -0.05) is 12.1 Å². The van der Waals surface area contributed by atoms with Crippen LogP contribution in [0.15, 0.2) is 47.4 Å². The molecule has 158 valence electrons. The first-order chi connectivity index (χ1) is 13.8. The van der Waals surface area contributed by atoms with Gasteiger partial charge in [-0.05, 0) is 35.4 Å². The molecular weight excluding hydrogens is 394 g/mol. The van der Waals surface area contributed by atoms with Crippen LogP contribution in [0.5, 0.6) is 11.5 Å². The topological polar surface area (TPSA) is 85.3 Å². The van der Waals surface area contributed by atoms with Crippen molar-refractivity contribution in [3.63, 3.8) is 0 Å². The maximum Gasteiger partial charge on any atom is 0.175 e. The number of sulfone groups is 1. The van der Waals surface area contributed by atoms with Gasteiger partial charge in [0, 0.05) is 32.0 Å². The number of ether oxygens (including phenoxy) is 3. The lowest BCUT2D eigenvalue weighted by molar-refractivity contribution is 0.00464. The van der Waals surface area contributed by atoms with E-state index < -0.39 is 15.9 Å². The number of morpholine rings is 1. The van der Waals surface area contributed by atoms with Crippen LogP contribution >= 0.6 is 0 Å². The van der Waals surface area contributed by atoms with Crippen LogP contribution in [0.25, 0.3) is 11.1 Å². The highest BCUT2D eigenvalue weighted by atomic mass is 32.2. The zero-order valence-corrected chi connectivity index (χ0v) is 17.5. The van der Waals surface area contributed by atoms with Crippen molar-refractivity contribution >= 4 is 9.84 Å². The van der Waals surface area contributed by atoms with Crippen LogP contribution in [0.4, 0.5) is 0 Å². The lowest BCUT2D eigenvalue weighted by atomic mass is 10.1. The third kappa shape index (κ3) is 6.17. The molecular formula is C21H27NO6S. The van der Waals surface area contributed by atoms with Gasteiger partial charge >= 0.3 is 0 Å². The third-order valence-electron chi connectivity index (χ3n) is 4.73. The minimum Gasteiger partial charge on any atom is -0.497 e. The number of β-amino-alcohol motifs (C(OH)–C–C–N with tert-alkyl or cyclic N) is 1. The van der Waals surface area contributed by atoms with Crippen molar-refractivity contribution in [2.75, 3.05) is 52.8 Å². The Hall–Kier alpha value is -2.13. The van der Waals surface area contributed by atoms with Crippen molar-refractivity contribution in [3.05, 3.63) is 42.5 Å². The molecule has 1 unspecified atom stereocenters. The highest BCUT2D eigenvalue weighted by molar-refractivity contribution is 7.90. The standard InChI is InChI=1S/C21H27NO6S/c1-26-19-10-17(16-4-3-5-21(12-16)29(2,24)25)11-20(13-19)28-15-18(23)14-22-6-8-27-9-7-22/h3-5,10-13,18,23H,6-9,14-15H2,1-2H3. The zero-order chi connectivity index (χ0) is 20.9. The maximum absolute atomic E-state index is 11.9. The van der Waals surface area contributed by atoms with Crippen molar-refractivity contribution in [3.8, 4) is 22.6 Å². The predicted molar refractivity (Wildman–Crippen MR) is 110 cm³/mol. The summed E-state index contributed by atoms with van der Waals surface area (Å²) in [5, 5.41) is 10.3. The fourth-order valence-electron chi connectivity index (χ4n) is 3.17. The van der Waals surface area contributed by atoms with E-state index >= 15 is 0 Å². The Labute approximate surface area is 171 Å². The average Bonchev–Trinajstić information content (AvgIpc) is 2.72. The van der Waals surface area contributed by atoms with Crippen molar-refractivity contribution in [1.29, 1.82) is 0 Å². The number of benzene rings is 2. The molecule has 1 saturated heterocycles. The Morgan fingerprint density at radius 2 is 1.83 bits per heavy atom. The molecule has 0 radical (unpaired) electrons. The van der Waals surface area contributed by atoms with Crippen LogP contribution in [0.2, 0.25) is 0 Å². The summed E-state index contributed by atoms with van der Waals surface area (Å²) in [6, 6.07) is 12.1. The van der Waals surface area contributed by atoms with E-state index in [4.69, 9.17) is 14.2 Å². The molecule has 1 N–H and O–H groups in total. The Morgan fingerprint density at radius 3 is 2.52 bits per heavy atom. The molecule has 8 heteroatoms. The number of aliphatic hydroxyl groups excluding tert-OH is 1. The van der Waals surface area contributed by atoms with Gasteiger partial charge in [-0.15, -0.1) is 0 Å². The highest BCUT2D eigenvalue weighted by Crippen LogP contribution is 2.31. The molecule has 2 aromatic carbocycles. The van der Waals surface area contributed by atoms with Gasteiger partial charge in [-0.3, -0.25) is 4.90 Å². The molecule has 1 aliphatic heterocycles. The summed E-state index contributed by atoms with van der Waals surface area (Å²) in [5.41, 5.74) is 1.51. The van der Waals surface area contributed by atoms with E-state index in [1.807, 2.05) is 18.2 Å². The van der Waals surface area contributed by atoms with Crippen LogP contribution in [-0.2, 0) is 14.6 Å². The second-order valence-corrected chi connectivity index (χ2v) is 9.09. The lowest BCUT2D eigenvalue weighted by Gasteiger charge is -2.28. The number of rotatable bonds is 8. The predicted octanol–water partition coefficient (Wildman–Crippen LogP) is 1.84. The first kappa shape index (κ1) is 21.6. The summed E-state index contributed by atoms with van der Waals surface area (Å²) in [7, 11) is -1.75. The minimum absolute atomic E-state index is 0.146. The fraction of sp³-hybridized carbons (Fsp3) is 0.429. The molecule has 2 aromatic rings. The van der Waals surface area contributed by atoms with Gasteiger partial charge in [0.25, 0.3) is 0 Å². The van der Waals surface area contributed by atoms with Crippen molar-refractivity contribution in [2.45, 2.75) is 11.0 Å². The lowest BCUT2D eigenvalue weighted by Crippen LogP contribution is -2.42. The van der Waals surface area contributed by atoms with Gasteiger partial charge in [-0.25, -0.2) is 8.42 Å². The Balaban J connectivity index is 1.73. The van der Waals surface area contributed by atoms with E-state index in [1.165, 1.54) is 6.26 Å². The van der Waals surface area contributed by atoms with Crippen LogP contribution in [0.3, 0.4) is 0 Å². The highest BCUT2D eigenvalue weighted by Gasteiger charge is 2.16. The monoisotopic (exact) mass is 421 g/mol. The molecule has 1 heterocycles. The fourth-order valence-corrected chi connectivity index (χ4v) is 3.84. The average molecular weight is 422 g/mol. The van der Waals surface area contributed by atoms with E-state index in [2.05, 4.69) is 4.90 Å². The molecule has 3 rings (SSSR count). The summed E-state index contributed by atoms with van der Waals surface area (Å²) in [5.74, 6) is 1.13. The Morgan fingerprint density at radius 1 is 1.10 bits per heavy atom. The van der Waals surface area contributed by atoms with E-state index in [-0.39, 0.29) is 11.5 Å². The van der Waals surface area contributed by atoms with Gasteiger partial charge in [0.1, 0.15) is 24.2 Å². The first-order valence-electron chi connectivity index (χ1n) is 9.46. The molecule has 0 spiro atoms. The quantitative estimate of drug-likeness (QED) is 0.696. The van der Waals surface area contributed by atoms with Gasteiger partial charge in [0.15, 0.2) is 9.84 Å². The van der Waals surface area contributed by atoms with E-state index in [0.29, 0.717) is 31.3 Å². The molecule has 0 bridgehead atoms. The summed E-state index contributed by atoms with van der Waals surface area (Å²) in [6.45, 7) is 3.64. The molecule has 0 aromatic heterocycles. The summed E-state index contributed by atoms with van der Waals surface area (Å²) >= 11 is 0. The second-order valence-electron chi connectivity index (χ2n) is 7.08. The first-order valence-corrected chi connectivity index (χ1v) is 11.3. The van der Waals surface area contributed by atoms with Gasteiger partial charge in [0.2, 0.25) is 0 Å².